The molecule has 0 aliphatic rings. The molecular weight excluding hydrogens is 320 g/mol. The second-order valence-corrected chi connectivity index (χ2v) is 4.89. The van der Waals surface area contributed by atoms with E-state index in [1.807, 2.05) is 0 Å². The van der Waals surface area contributed by atoms with Crippen molar-refractivity contribution in [1.29, 1.82) is 0 Å². The Morgan fingerprint density at radius 3 is 2.42 bits per heavy atom. The molecule has 24 heavy (non-hydrogen) atoms. The highest BCUT2D eigenvalue weighted by Gasteiger charge is 2.18. The van der Waals surface area contributed by atoms with Crippen LogP contribution in [0.4, 0.5) is 14.5 Å². The van der Waals surface area contributed by atoms with Crippen molar-refractivity contribution in [1.82, 2.24) is 0 Å². The van der Waals surface area contributed by atoms with Crippen molar-refractivity contribution in [3.8, 4) is 17.2 Å². The first kappa shape index (κ1) is 17.5. The Bertz CT molecular complexity index is 737. The summed E-state index contributed by atoms with van der Waals surface area (Å²) < 4.78 is 41.9. The highest BCUT2D eigenvalue weighted by molar-refractivity contribution is 5.95. The maximum atomic E-state index is 13.6. The number of rotatable bonds is 6. The van der Waals surface area contributed by atoms with E-state index in [4.69, 9.17) is 14.2 Å². The van der Waals surface area contributed by atoms with Crippen LogP contribution in [0.25, 0.3) is 0 Å². The summed E-state index contributed by atoms with van der Waals surface area (Å²) in [6, 6.07) is 7.75. The van der Waals surface area contributed by atoms with Crippen molar-refractivity contribution < 1.29 is 27.8 Å². The lowest BCUT2D eigenvalue weighted by Crippen LogP contribution is -2.30. The zero-order valence-electron chi connectivity index (χ0n) is 13.4. The third kappa shape index (κ3) is 4.13. The van der Waals surface area contributed by atoms with Crippen molar-refractivity contribution in [3.05, 3.63) is 48.0 Å². The molecule has 0 saturated carbocycles. The van der Waals surface area contributed by atoms with E-state index in [2.05, 4.69) is 5.32 Å². The molecule has 0 fully saturated rings. The molecule has 0 aliphatic carbocycles. The zero-order valence-corrected chi connectivity index (χ0v) is 13.4. The number of methoxy groups -OCH3 is 2. The molecule has 0 unspecified atom stereocenters. The number of hydrogen-bond donors (Lipinski definition) is 1. The van der Waals surface area contributed by atoms with Gasteiger partial charge in [0.2, 0.25) is 0 Å². The minimum atomic E-state index is -1.00. The van der Waals surface area contributed by atoms with Crippen LogP contribution in [0.15, 0.2) is 36.4 Å². The molecule has 0 aromatic heterocycles. The van der Waals surface area contributed by atoms with Gasteiger partial charge in [0.1, 0.15) is 17.3 Å². The first-order valence-electron chi connectivity index (χ1n) is 7.09. The molecule has 2 aromatic rings. The third-order valence-corrected chi connectivity index (χ3v) is 3.23. The van der Waals surface area contributed by atoms with Gasteiger partial charge in [0.25, 0.3) is 5.91 Å². The Morgan fingerprint density at radius 2 is 1.79 bits per heavy atom. The monoisotopic (exact) mass is 337 g/mol. The van der Waals surface area contributed by atoms with Crippen molar-refractivity contribution >= 4 is 11.6 Å². The number of benzene rings is 2. The van der Waals surface area contributed by atoms with E-state index in [9.17, 15) is 13.6 Å². The van der Waals surface area contributed by atoms with Gasteiger partial charge in [-0.2, -0.15) is 0 Å². The summed E-state index contributed by atoms with van der Waals surface area (Å²) in [5.74, 6) is -1.34. The lowest BCUT2D eigenvalue weighted by Gasteiger charge is -2.17. The first-order chi connectivity index (χ1) is 11.4. The third-order valence-electron chi connectivity index (χ3n) is 3.23. The molecule has 0 heterocycles. The van der Waals surface area contributed by atoms with Gasteiger partial charge < -0.3 is 19.5 Å². The van der Waals surface area contributed by atoms with Crippen LogP contribution in [0, 0.1) is 11.6 Å². The summed E-state index contributed by atoms with van der Waals surface area (Å²) >= 11 is 0. The number of carbonyl (C=O) groups excluding carboxylic acids is 1. The second kappa shape index (κ2) is 7.63. The van der Waals surface area contributed by atoms with E-state index >= 15 is 0 Å². The summed E-state index contributed by atoms with van der Waals surface area (Å²) in [4.78, 5) is 12.2. The minimum absolute atomic E-state index is 0.208. The Morgan fingerprint density at radius 1 is 1.04 bits per heavy atom. The van der Waals surface area contributed by atoms with E-state index in [1.54, 1.807) is 18.2 Å². The fourth-order valence-electron chi connectivity index (χ4n) is 1.95. The fraction of sp³-hybridized carbons (Fsp3) is 0.235. The molecule has 0 bridgehead atoms. The quantitative estimate of drug-likeness (QED) is 0.878. The number of ether oxygens (including phenoxy) is 3. The van der Waals surface area contributed by atoms with Crippen LogP contribution in [0.5, 0.6) is 17.2 Å². The largest absolute Gasteiger partial charge is 0.497 e. The average Bonchev–Trinajstić information content (AvgIpc) is 2.57. The Labute approximate surface area is 138 Å². The highest BCUT2D eigenvalue weighted by atomic mass is 19.1. The van der Waals surface area contributed by atoms with Crippen LogP contribution in [-0.2, 0) is 4.79 Å². The summed E-state index contributed by atoms with van der Waals surface area (Å²) in [5, 5.41) is 2.62. The molecular formula is C17H17F2NO4. The van der Waals surface area contributed by atoms with Gasteiger partial charge in [-0.15, -0.1) is 0 Å². The molecule has 2 aromatic carbocycles. The Kier molecular flexibility index (Phi) is 5.57. The van der Waals surface area contributed by atoms with E-state index < -0.39 is 23.6 Å². The fourth-order valence-corrected chi connectivity index (χ4v) is 1.95. The molecule has 0 saturated heterocycles. The standard InChI is InChI=1S/C17H17F2NO4/c1-10(24-15-7-4-11(18)8-13(15)19)17(21)20-14-6-5-12(22-2)9-16(14)23-3/h4-10H,1-3H3,(H,20,21)/t10-/m1/s1. The number of anilines is 1. The van der Waals surface area contributed by atoms with Gasteiger partial charge in [-0.05, 0) is 31.2 Å². The molecule has 1 atom stereocenters. The van der Waals surface area contributed by atoms with Crippen LogP contribution in [-0.4, -0.2) is 26.2 Å². The Hall–Kier alpha value is -2.83. The van der Waals surface area contributed by atoms with Crippen LogP contribution >= 0.6 is 0 Å². The Balaban J connectivity index is 2.08. The zero-order chi connectivity index (χ0) is 17.7. The molecule has 0 aliphatic heterocycles. The van der Waals surface area contributed by atoms with Gasteiger partial charge in [0.05, 0.1) is 19.9 Å². The van der Waals surface area contributed by atoms with Crippen molar-refractivity contribution in [2.24, 2.45) is 0 Å². The summed E-state index contributed by atoms with van der Waals surface area (Å²) in [5.41, 5.74) is 0.415. The molecule has 7 heteroatoms. The van der Waals surface area contributed by atoms with E-state index in [1.165, 1.54) is 21.1 Å². The topological polar surface area (TPSA) is 56.8 Å². The SMILES string of the molecule is COc1ccc(NC(=O)[C@@H](C)Oc2ccc(F)cc2F)c(OC)c1. The molecule has 128 valence electrons. The normalized spacial score (nSPS) is 11.5. The predicted octanol–water partition coefficient (Wildman–Crippen LogP) is 3.39. The van der Waals surface area contributed by atoms with Crippen molar-refractivity contribution in [2.75, 3.05) is 19.5 Å². The van der Waals surface area contributed by atoms with Gasteiger partial charge in [-0.1, -0.05) is 0 Å². The highest BCUT2D eigenvalue weighted by Crippen LogP contribution is 2.29. The number of hydrogen-bond acceptors (Lipinski definition) is 4. The maximum Gasteiger partial charge on any atom is 0.265 e. The molecule has 2 rings (SSSR count). The van der Waals surface area contributed by atoms with Crippen molar-refractivity contribution in [3.63, 3.8) is 0 Å². The van der Waals surface area contributed by atoms with Crippen LogP contribution < -0.4 is 19.5 Å². The molecule has 1 N–H and O–H groups in total. The van der Waals surface area contributed by atoms with Gasteiger partial charge in [-0.3, -0.25) is 4.79 Å². The van der Waals surface area contributed by atoms with E-state index in [0.29, 0.717) is 23.3 Å². The van der Waals surface area contributed by atoms with Crippen LogP contribution in [0.2, 0.25) is 0 Å². The van der Waals surface area contributed by atoms with Gasteiger partial charge in [0.15, 0.2) is 17.7 Å². The van der Waals surface area contributed by atoms with E-state index in [-0.39, 0.29) is 5.75 Å². The van der Waals surface area contributed by atoms with Crippen molar-refractivity contribution in [2.45, 2.75) is 13.0 Å². The lowest BCUT2D eigenvalue weighted by atomic mass is 10.2. The number of halogens is 2. The number of amides is 1. The molecule has 5 nitrogen and oxygen atoms in total. The van der Waals surface area contributed by atoms with Gasteiger partial charge in [-0.25, -0.2) is 8.78 Å². The molecule has 1 amide bonds. The second-order valence-electron chi connectivity index (χ2n) is 4.89. The van der Waals surface area contributed by atoms with Gasteiger partial charge in [0, 0.05) is 12.1 Å². The number of nitrogens with one attached hydrogen (secondary N) is 1. The first-order valence-corrected chi connectivity index (χ1v) is 7.09. The molecule has 0 radical (unpaired) electrons. The van der Waals surface area contributed by atoms with Crippen LogP contribution in [0.3, 0.4) is 0 Å². The average molecular weight is 337 g/mol. The maximum absolute atomic E-state index is 13.6. The molecule has 0 spiro atoms. The van der Waals surface area contributed by atoms with E-state index in [0.717, 1.165) is 12.1 Å². The van der Waals surface area contributed by atoms with Gasteiger partial charge >= 0.3 is 0 Å². The van der Waals surface area contributed by atoms with Crippen LogP contribution in [0.1, 0.15) is 6.92 Å². The number of carbonyl (C=O) groups is 1. The summed E-state index contributed by atoms with van der Waals surface area (Å²) in [7, 11) is 2.97. The summed E-state index contributed by atoms with van der Waals surface area (Å²) in [6.07, 6.45) is -1.00. The summed E-state index contributed by atoms with van der Waals surface area (Å²) in [6.45, 7) is 1.45. The predicted molar refractivity (Wildman–Crippen MR) is 84.6 cm³/mol. The smallest absolute Gasteiger partial charge is 0.265 e. The lowest BCUT2D eigenvalue weighted by molar-refractivity contribution is -0.122. The minimum Gasteiger partial charge on any atom is -0.497 e.